The number of unbranched alkanes of at least 4 members (excludes halogenated alkanes) is 1. The second-order valence-corrected chi connectivity index (χ2v) is 5.06. The van der Waals surface area contributed by atoms with Crippen molar-refractivity contribution in [2.75, 3.05) is 6.61 Å². The first kappa shape index (κ1) is 15.3. The highest BCUT2D eigenvalue weighted by atomic mass is 16.5. The van der Waals surface area contributed by atoms with E-state index in [1.54, 1.807) is 0 Å². The summed E-state index contributed by atoms with van der Waals surface area (Å²) in [5.41, 5.74) is 9.63. The molecule has 0 aliphatic carbocycles. The van der Waals surface area contributed by atoms with Gasteiger partial charge in [0.2, 0.25) is 0 Å². The van der Waals surface area contributed by atoms with Crippen molar-refractivity contribution in [1.29, 1.82) is 5.41 Å². The van der Waals surface area contributed by atoms with Gasteiger partial charge in [0.05, 0.1) is 6.61 Å². The van der Waals surface area contributed by atoms with E-state index in [1.807, 2.05) is 24.3 Å². The summed E-state index contributed by atoms with van der Waals surface area (Å²) in [5.74, 6) is 0.0950. The third-order valence-electron chi connectivity index (χ3n) is 3.39. The Morgan fingerprint density at radius 3 is 2.48 bits per heavy atom. The fraction of sp³-hybridized carbons (Fsp3) is 0.278. The largest absolute Gasteiger partial charge is 0.384 e. The van der Waals surface area contributed by atoms with Gasteiger partial charge in [-0.15, -0.1) is 0 Å². The Morgan fingerprint density at radius 2 is 1.81 bits per heavy atom. The topological polar surface area (TPSA) is 59.1 Å². The van der Waals surface area contributed by atoms with Gasteiger partial charge in [0.25, 0.3) is 0 Å². The molecule has 0 unspecified atom stereocenters. The molecule has 0 aliphatic rings. The van der Waals surface area contributed by atoms with Gasteiger partial charge < -0.3 is 10.5 Å². The van der Waals surface area contributed by atoms with E-state index in [4.69, 9.17) is 15.9 Å². The van der Waals surface area contributed by atoms with Gasteiger partial charge in [0, 0.05) is 12.2 Å². The Bertz CT molecular complexity index is 590. The van der Waals surface area contributed by atoms with Crippen LogP contribution >= 0.6 is 0 Å². The van der Waals surface area contributed by atoms with Crippen LogP contribution in [0.4, 0.5) is 0 Å². The predicted molar refractivity (Wildman–Crippen MR) is 87.5 cm³/mol. The minimum atomic E-state index is 0.0950. The highest BCUT2D eigenvalue weighted by Crippen LogP contribution is 2.23. The van der Waals surface area contributed by atoms with E-state index in [-0.39, 0.29) is 5.84 Å². The highest BCUT2D eigenvalue weighted by molar-refractivity contribution is 6.01. The summed E-state index contributed by atoms with van der Waals surface area (Å²) >= 11 is 0. The summed E-state index contributed by atoms with van der Waals surface area (Å²) < 4.78 is 5.61. The summed E-state index contributed by atoms with van der Waals surface area (Å²) in [5, 5.41) is 7.66. The standard InChI is InChI=1S/C18H22N2O/c1-2-3-12-21-13-14-8-10-15(11-9-14)16-6-4-5-7-17(16)18(19)20/h4-11H,2-3,12-13H2,1H3,(H3,19,20). The van der Waals surface area contributed by atoms with Crippen LogP contribution in [-0.4, -0.2) is 12.4 Å². The summed E-state index contributed by atoms with van der Waals surface area (Å²) in [6, 6.07) is 16.0. The first-order valence-corrected chi connectivity index (χ1v) is 7.33. The van der Waals surface area contributed by atoms with Gasteiger partial charge in [-0.25, -0.2) is 0 Å². The Hall–Kier alpha value is -2.13. The van der Waals surface area contributed by atoms with E-state index in [2.05, 4.69) is 31.2 Å². The molecule has 0 atom stereocenters. The molecule has 0 fully saturated rings. The van der Waals surface area contributed by atoms with Gasteiger partial charge in [-0.3, -0.25) is 5.41 Å². The molecule has 0 saturated carbocycles. The minimum absolute atomic E-state index is 0.0950. The van der Waals surface area contributed by atoms with Crippen molar-refractivity contribution in [2.24, 2.45) is 5.73 Å². The molecule has 3 N–H and O–H groups in total. The van der Waals surface area contributed by atoms with Crippen molar-refractivity contribution in [3.63, 3.8) is 0 Å². The van der Waals surface area contributed by atoms with Crippen LogP contribution in [0.5, 0.6) is 0 Å². The first-order valence-electron chi connectivity index (χ1n) is 7.33. The Kier molecular flexibility index (Phi) is 5.52. The summed E-state index contributed by atoms with van der Waals surface area (Å²) in [6.45, 7) is 3.62. The number of nitrogen functional groups attached to an aromatic ring is 1. The van der Waals surface area contributed by atoms with Crippen molar-refractivity contribution in [3.8, 4) is 11.1 Å². The van der Waals surface area contributed by atoms with Crippen molar-refractivity contribution in [2.45, 2.75) is 26.4 Å². The fourth-order valence-electron chi connectivity index (χ4n) is 2.19. The molecular formula is C18H22N2O. The molecule has 21 heavy (non-hydrogen) atoms. The third kappa shape index (κ3) is 4.17. The van der Waals surface area contributed by atoms with Crippen molar-refractivity contribution >= 4 is 5.84 Å². The summed E-state index contributed by atoms with van der Waals surface area (Å²) in [4.78, 5) is 0. The van der Waals surface area contributed by atoms with Crippen molar-refractivity contribution in [3.05, 3.63) is 59.7 Å². The fourth-order valence-corrected chi connectivity index (χ4v) is 2.19. The van der Waals surface area contributed by atoms with E-state index >= 15 is 0 Å². The molecule has 0 spiro atoms. The van der Waals surface area contributed by atoms with Crippen LogP contribution < -0.4 is 5.73 Å². The Balaban J connectivity index is 2.10. The minimum Gasteiger partial charge on any atom is -0.384 e. The van der Waals surface area contributed by atoms with Gasteiger partial charge >= 0.3 is 0 Å². The quantitative estimate of drug-likeness (QED) is 0.459. The van der Waals surface area contributed by atoms with Crippen LogP contribution in [0.3, 0.4) is 0 Å². The molecule has 2 aromatic rings. The smallest absolute Gasteiger partial charge is 0.123 e. The molecule has 0 saturated heterocycles. The summed E-state index contributed by atoms with van der Waals surface area (Å²) in [6.07, 6.45) is 2.25. The maximum Gasteiger partial charge on any atom is 0.123 e. The number of ether oxygens (including phenoxy) is 1. The zero-order valence-corrected chi connectivity index (χ0v) is 12.4. The van der Waals surface area contributed by atoms with Crippen LogP contribution in [0.2, 0.25) is 0 Å². The van der Waals surface area contributed by atoms with Crippen molar-refractivity contribution in [1.82, 2.24) is 0 Å². The molecule has 0 aromatic heterocycles. The summed E-state index contributed by atoms with van der Waals surface area (Å²) in [7, 11) is 0. The maximum absolute atomic E-state index is 7.66. The van der Waals surface area contributed by atoms with Crippen LogP contribution in [0.1, 0.15) is 30.9 Å². The molecule has 3 nitrogen and oxygen atoms in total. The number of benzene rings is 2. The van der Waals surface area contributed by atoms with Crippen LogP contribution in [0.25, 0.3) is 11.1 Å². The molecule has 0 aliphatic heterocycles. The second kappa shape index (κ2) is 7.60. The lowest BCUT2D eigenvalue weighted by Crippen LogP contribution is -2.12. The van der Waals surface area contributed by atoms with Gasteiger partial charge in [-0.2, -0.15) is 0 Å². The second-order valence-electron chi connectivity index (χ2n) is 5.06. The third-order valence-corrected chi connectivity index (χ3v) is 3.39. The van der Waals surface area contributed by atoms with Gasteiger partial charge in [0.15, 0.2) is 0 Å². The van der Waals surface area contributed by atoms with Crippen LogP contribution in [0, 0.1) is 5.41 Å². The van der Waals surface area contributed by atoms with Gasteiger partial charge in [-0.05, 0) is 23.1 Å². The van der Waals surface area contributed by atoms with Crippen LogP contribution in [-0.2, 0) is 11.3 Å². The average Bonchev–Trinajstić information content (AvgIpc) is 2.52. The molecular weight excluding hydrogens is 260 g/mol. The molecule has 2 rings (SSSR count). The molecule has 3 heteroatoms. The van der Waals surface area contributed by atoms with E-state index in [1.165, 1.54) is 0 Å². The number of nitrogens with two attached hydrogens (primary N) is 1. The normalized spacial score (nSPS) is 10.5. The number of rotatable bonds is 7. The molecule has 2 aromatic carbocycles. The molecule has 0 amide bonds. The monoisotopic (exact) mass is 282 g/mol. The molecule has 110 valence electrons. The number of nitrogens with one attached hydrogen (secondary N) is 1. The number of hydrogen-bond donors (Lipinski definition) is 2. The maximum atomic E-state index is 7.66. The van der Waals surface area contributed by atoms with Crippen molar-refractivity contribution < 1.29 is 4.74 Å². The van der Waals surface area contributed by atoms with E-state index < -0.39 is 0 Å². The lowest BCUT2D eigenvalue weighted by molar-refractivity contribution is 0.118. The average molecular weight is 282 g/mol. The van der Waals surface area contributed by atoms with E-state index in [0.717, 1.165) is 41.7 Å². The van der Waals surface area contributed by atoms with Crippen LogP contribution in [0.15, 0.2) is 48.5 Å². The van der Waals surface area contributed by atoms with E-state index in [9.17, 15) is 0 Å². The Labute approximate surface area is 126 Å². The predicted octanol–water partition coefficient (Wildman–Crippen LogP) is 3.95. The lowest BCUT2D eigenvalue weighted by Gasteiger charge is -2.09. The highest BCUT2D eigenvalue weighted by Gasteiger charge is 2.06. The van der Waals surface area contributed by atoms with E-state index in [0.29, 0.717) is 6.61 Å². The zero-order valence-electron chi connectivity index (χ0n) is 12.4. The lowest BCUT2D eigenvalue weighted by atomic mass is 9.98. The zero-order chi connectivity index (χ0) is 15.1. The number of hydrogen-bond acceptors (Lipinski definition) is 2. The molecule has 0 bridgehead atoms. The first-order chi connectivity index (χ1) is 10.2. The SMILES string of the molecule is CCCCOCc1ccc(-c2ccccc2C(=N)N)cc1. The Morgan fingerprint density at radius 1 is 1.10 bits per heavy atom. The molecule has 0 radical (unpaired) electrons. The number of amidine groups is 1. The van der Waals surface area contributed by atoms with Gasteiger partial charge in [-0.1, -0.05) is 61.9 Å². The van der Waals surface area contributed by atoms with Gasteiger partial charge in [0.1, 0.15) is 5.84 Å². The molecule has 0 heterocycles.